The Morgan fingerprint density at radius 2 is 2.00 bits per heavy atom. The first-order valence-corrected chi connectivity index (χ1v) is 11.0. The molecule has 1 aliphatic rings. The smallest absolute Gasteiger partial charge is 0.410 e. The average Bonchev–Trinajstić information content (AvgIpc) is 2.63. The summed E-state index contributed by atoms with van der Waals surface area (Å²) in [6, 6.07) is 8.00. The zero-order valence-electron chi connectivity index (χ0n) is 19.8. The third kappa shape index (κ3) is 7.02. The molecule has 0 fully saturated rings. The summed E-state index contributed by atoms with van der Waals surface area (Å²) in [4.78, 5) is 13.6. The van der Waals surface area contributed by atoms with Crippen molar-refractivity contribution in [1.29, 1.82) is 0 Å². The van der Waals surface area contributed by atoms with Crippen LogP contribution in [0.4, 0.5) is 4.79 Å². The van der Waals surface area contributed by atoms with E-state index in [9.17, 15) is 9.90 Å². The van der Waals surface area contributed by atoms with Crippen molar-refractivity contribution in [3.8, 4) is 0 Å². The van der Waals surface area contributed by atoms with E-state index in [1.165, 1.54) is 35.3 Å². The Bertz CT molecular complexity index is 799. The number of rotatable bonds is 6. The van der Waals surface area contributed by atoms with Crippen LogP contribution in [-0.4, -0.2) is 35.3 Å². The maximum Gasteiger partial charge on any atom is 0.410 e. The van der Waals surface area contributed by atoms with Crippen molar-refractivity contribution in [1.82, 2.24) is 4.90 Å². The van der Waals surface area contributed by atoms with E-state index >= 15 is 0 Å². The molecule has 1 N–H and O–H groups in total. The van der Waals surface area contributed by atoms with Gasteiger partial charge in [-0.2, -0.15) is 0 Å². The van der Waals surface area contributed by atoms with E-state index in [4.69, 9.17) is 4.74 Å². The molecule has 1 aliphatic carbocycles. The topological polar surface area (TPSA) is 49.8 Å². The quantitative estimate of drug-likeness (QED) is 0.578. The fourth-order valence-electron chi connectivity index (χ4n) is 3.97. The lowest BCUT2D eigenvalue weighted by Crippen LogP contribution is -2.35. The highest BCUT2D eigenvalue weighted by atomic mass is 16.6. The predicted octanol–water partition coefficient (Wildman–Crippen LogP) is 6.52. The number of allylic oxidation sites excluding steroid dienone is 3. The van der Waals surface area contributed by atoms with Crippen molar-refractivity contribution in [2.24, 2.45) is 5.41 Å². The second-order valence-electron chi connectivity index (χ2n) is 10.1. The van der Waals surface area contributed by atoms with E-state index in [-0.39, 0.29) is 11.5 Å². The van der Waals surface area contributed by atoms with Crippen LogP contribution in [0.5, 0.6) is 0 Å². The van der Waals surface area contributed by atoms with Crippen LogP contribution in [0.2, 0.25) is 0 Å². The highest BCUT2D eigenvalue weighted by Crippen LogP contribution is 2.41. The molecule has 0 saturated heterocycles. The number of hydrogen-bond acceptors (Lipinski definition) is 3. The van der Waals surface area contributed by atoms with Gasteiger partial charge in [-0.25, -0.2) is 4.79 Å². The van der Waals surface area contributed by atoms with Crippen LogP contribution in [0.1, 0.15) is 84.5 Å². The van der Waals surface area contributed by atoms with Gasteiger partial charge in [0.25, 0.3) is 0 Å². The van der Waals surface area contributed by atoms with Crippen molar-refractivity contribution >= 4 is 12.2 Å². The number of ether oxygens (including phenoxy) is 1. The first-order chi connectivity index (χ1) is 13.9. The molecule has 166 valence electrons. The molecule has 0 bridgehead atoms. The van der Waals surface area contributed by atoms with E-state index in [1.807, 2.05) is 39.0 Å². The molecule has 0 heterocycles. The van der Waals surface area contributed by atoms with E-state index in [2.05, 4.69) is 39.0 Å². The molecule has 30 heavy (non-hydrogen) atoms. The lowest BCUT2D eigenvalue weighted by Gasteiger charge is -2.32. The number of amides is 1. The predicted molar refractivity (Wildman–Crippen MR) is 124 cm³/mol. The summed E-state index contributed by atoms with van der Waals surface area (Å²) in [5, 5.41) is 10.6. The van der Waals surface area contributed by atoms with Gasteiger partial charge in [-0.05, 0) is 81.6 Å². The molecule has 1 amide bonds. The molecule has 2 rings (SSSR count). The van der Waals surface area contributed by atoms with Gasteiger partial charge >= 0.3 is 6.09 Å². The highest BCUT2D eigenvalue weighted by molar-refractivity contribution is 5.67. The van der Waals surface area contributed by atoms with Crippen LogP contribution in [0.25, 0.3) is 6.08 Å². The lowest BCUT2D eigenvalue weighted by atomic mass is 9.72. The van der Waals surface area contributed by atoms with Crippen LogP contribution >= 0.6 is 0 Å². The van der Waals surface area contributed by atoms with Crippen molar-refractivity contribution in [3.05, 3.63) is 52.6 Å². The standard InChI is InChI=1S/C26H39NO3/c1-19-10-9-16-26(5,6)22(19)14-13-20-11-8-12-21(18-20)23(28)15-17-27(7)24(29)30-25(2,3)4/h8,11-14,18,23,28H,9-10,15-17H2,1-7H3. The maximum absolute atomic E-state index is 12.1. The fraction of sp³-hybridized carbons (Fsp3) is 0.577. The molecule has 1 aromatic rings. The molecule has 4 nitrogen and oxygen atoms in total. The SMILES string of the molecule is CC1=C(C=Cc2cccc(C(O)CCN(C)C(=O)OC(C)(C)C)c2)C(C)(C)CCC1. The Kier molecular flexibility index (Phi) is 7.93. The molecule has 0 saturated carbocycles. The van der Waals surface area contributed by atoms with Crippen molar-refractivity contribution in [2.45, 2.75) is 78.9 Å². The Morgan fingerprint density at radius 1 is 1.30 bits per heavy atom. The van der Waals surface area contributed by atoms with Gasteiger partial charge in [-0.15, -0.1) is 0 Å². The minimum atomic E-state index is -0.629. The second-order valence-corrected chi connectivity index (χ2v) is 10.1. The number of hydrogen-bond donors (Lipinski definition) is 1. The number of benzene rings is 1. The molecule has 4 heteroatoms. The van der Waals surface area contributed by atoms with Crippen LogP contribution in [0.3, 0.4) is 0 Å². The van der Waals surface area contributed by atoms with Crippen LogP contribution < -0.4 is 0 Å². The van der Waals surface area contributed by atoms with Gasteiger partial charge in [-0.3, -0.25) is 0 Å². The lowest BCUT2D eigenvalue weighted by molar-refractivity contribution is 0.0273. The minimum Gasteiger partial charge on any atom is -0.444 e. The third-order valence-electron chi connectivity index (χ3n) is 5.72. The van der Waals surface area contributed by atoms with Gasteiger partial charge in [-0.1, -0.05) is 49.8 Å². The van der Waals surface area contributed by atoms with E-state index < -0.39 is 11.7 Å². The van der Waals surface area contributed by atoms with Crippen LogP contribution in [0, 0.1) is 5.41 Å². The van der Waals surface area contributed by atoms with Gasteiger partial charge in [0.2, 0.25) is 0 Å². The Morgan fingerprint density at radius 3 is 2.63 bits per heavy atom. The Balaban J connectivity index is 2.02. The number of carbonyl (C=O) groups is 1. The Hall–Kier alpha value is -2.07. The average molecular weight is 414 g/mol. The largest absolute Gasteiger partial charge is 0.444 e. The molecule has 0 radical (unpaired) electrons. The van der Waals surface area contributed by atoms with E-state index in [1.54, 1.807) is 7.05 Å². The monoisotopic (exact) mass is 413 g/mol. The summed E-state index contributed by atoms with van der Waals surface area (Å²) in [6.07, 6.45) is 7.50. The van der Waals surface area contributed by atoms with Crippen molar-refractivity contribution in [2.75, 3.05) is 13.6 Å². The summed E-state index contributed by atoms with van der Waals surface area (Å²) in [5.74, 6) is 0. The first kappa shape index (κ1) is 24.2. The van der Waals surface area contributed by atoms with Crippen molar-refractivity contribution < 1.29 is 14.6 Å². The van der Waals surface area contributed by atoms with Crippen LogP contribution in [-0.2, 0) is 4.74 Å². The van der Waals surface area contributed by atoms with E-state index in [0.717, 1.165) is 11.1 Å². The van der Waals surface area contributed by atoms with E-state index in [0.29, 0.717) is 13.0 Å². The summed E-state index contributed by atoms with van der Waals surface area (Å²) in [7, 11) is 1.70. The summed E-state index contributed by atoms with van der Waals surface area (Å²) in [6.45, 7) is 12.8. The zero-order valence-corrected chi connectivity index (χ0v) is 19.8. The normalized spacial score (nSPS) is 17.9. The van der Waals surface area contributed by atoms with Gasteiger partial charge in [0.15, 0.2) is 0 Å². The zero-order chi connectivity index (χ0) is 22.5. The molecule has 1 unspecified atom stereocenters. The molecular weight excluding hydrogens is 374 g/mol. The van der Waals surface area contributed by atoms with Crippen molar-refractivity contribution in [3.63, 3.8) is 0 Å². The van der Waals surface area contributed by atoms with Gasteiger partial charge in [0.05, 0.1) is 6.10 Å². The number of nitrogens with zero attached hydrogens (tertiary/aromatic N) is 1. The summed E-state index contributed by atoms with van der Waals surface area (Å²) >= 11 is 0. The summed E-state index contributed by atoms with van der Waals surface area (Å²) < 4.78 is 5.36. The molecule has 0 aromatic heterocycles. The molecule has 1 atom stereocenters. The molecule has 0 spiro atoms. The number of aliphatic hydroxyl groups is 1. The van der Waals surface area contributed by atoms with Gasteiger partial charge in [0.1, 0.15) is 5.60 Å². The third-order valence-corrected chi connectivity index (χ3v) is 5.72. The minimum absolute atomic E-state index is 0.211. The maximum atomic E-state index is 12.1. The van der Waals surface area contributed by atoms with Crippen LogP contribution in [0.15, 0.2) is 41.5 Å². The fourth-order valence-corrected chi connectivity index (χ4v) is 3.97. The summed E-state index contributed by atoms with van der Waals surface area (Å²) in [5.41, 5.74) is 4.53. The molecule has 1 aromatic carbocycles. The second kappa shape index (κ2) is 9.82. The number of aliphatic hydroxyl groups excluding tert-OH is 1. The first-order valence-electron chi connectivity index (χ1n) is 11.0. The highest BCUT2D eigenvalue weighted by Gasteiger charge is 2.26. The van der Waals surface area contributed by atoms with Gasteiger partial charge < -0.3 is 14.7 Å². The van der Waals surface area contributed by atoms with Gasteiger partial charge in [0, 0.05) is 13.6 Å². The Labute approximate surface area is 182 Å². The molecular formula is C26H39NO3. The number of carbonyl (C=O) groups excluding carboxylic acids is 1. The molecule has 0 aliphatic heterocycles.